The number of fused-ring (bicyclic) bond motifs is 1. The van der Waals surface area contributed by atoms with Gasteiger partial charge in [0.05, 0.1) is 33.4 Å². The van der Waals surface area contributed by atoms with Crippen molar-refractivity contribution in [2.75, 3.05) is 34.2 Å². The van der Waals surface area contributed by atoms with E-state index in [1.54, 1.807) is 12.1 Å². The van der Waals surface area contributed by atoms with Crippen LogP contribution in [0.3, 0.4) is 0 Å². The fourth-order valence-corrected chi connectivity index (χ4v) is 5.16. The summed E-state index contributed by atoms with van der Waals surface area (Å²) in [4.78, 5) is 12.7. The van der Waals surface area contributed by atoms with Crippen LogP contribution in [-0.2, 0) is 27.1 Å². The lowest BCUT2D eigenvalue weighted by atomic mass is 9.85. The number of benzene rings is 2. The third-order valence-corrected chi connectivity index (χ3v) is 7.30. The molecular weight excluding hydrogens is 516 g/mol. The molecule has 212 valence electrons. The number of esters is 1. The van der Waals surface area contributed by atoms with E-state index >= 15 is 0 Å². The molecule has 7 atom stereocenters. The molecule has 3 heterocycles. The van der Waals surface area contributed by atoms with Crippen LogP contribution in [0.4, 0.5) is 0 Å². The maximum Gasteiger partial charge on any atom is 0.309 e. The van der Waals surface area contributed by atoms with Gasteiger partial charge in [0, 0.05) is 5.92 Å². The zero-order valence-corrected chi connectivity index (χ0v) is 21.5. The van der Waals surface area contributed by atoms with Crippen molar-refractivity contribution in [3.05, 3.63) is 41.5 Å². The number of carbonyl (C=O) groups excluding carboxylic acids is 1. The number of aliphatic hydroxyl groups excluding tert-OH is 4. The molecule has 2 aromatic carbocycles. The molecule has 3 aliphatic rings. The van der Waals surface area contributed by atoms with Crippen molar-refractivity contribution in [2.45, 2.75) is 43.5 Å². The van der Waals surface area contributed by atoms with Crippen molar-refractivity contribution in [1.82, 2.24) is 0 Å². The van der Waals surface area contributed by atoms with E-state index < -0.39 is 43.2 Å². The summed E-state index contributed by atoms with van der Waals surface area (Å²) in [6.45, 7) is -0.140. The Hall–Kier alpha value is -3.29. The summed E-state index contributed by atoms with van der Waals surface area (Å²) >= 11 is 0. The van der Waals surface area contributed by atoms with Crippen LogP contribution in [-0.4, -0.2) is 91.3 Å². The van der Waals surface area contributed by atoms with Gasteiger partial charge in [0.15, 0.2) is 23.0 Å². The van der Waals surface area contributed by atoms with E-state index in [2.05, 4.69) is 0 Å². The van der Waals surface area contributed by atoms with E-state index in [0.29, 0.717) is 35.7 Å². The number of hydrogen-bond donors (Lipinski definition) is 4. The van der Waals surface area contributed by atoms with Crippen LogP contribution in [0.2, 0.25) is 0 Å². The van der Waals surface area contributed by atoms with Gasteiger partial charge in [0.25, 0.3) is 0 Å². The summed E-state index contributed by atoms with van der Waals surface area (Å²) in [5.41, 5.74) is 1.67. The van der Waals surface area contributed by atoms with Gasteiger partial charge in [-0.1, -0.05) is 6.07 Å². The number of methoxy groups -OCH3 is 2. The second-order valence-corrected chi connectivity index (χ2v) is 9.74. The van der Waals surface area contributed by atoms with Crippen LogP contribution >= 0.6 is 0 Å². The van der Waals surface area contributed by atoms with Crippen LogP contribution in [0.5, 0.6) is 28.7 Å². The Morgan fingerprint density at radius 3 is 2.38 bits per heavy atom. The Morgan fingerprint density at radius 2 is 1.64 bits per heavy atom. The van der Waals surface area contributed by atoms with Gasteiger partial charge in [-0.15, -0.1) is 0 Å². The molecule has 0 unspecified atom stereocenters. The van der Waals surface area contributed by atoms with Gasteiger partial charge in [-0.05, 0) is 48.2 Å². The molecule has 12 heteroatoms. The van der Waals surface area contributed by atoms with Gasteiger partial charge in [-0.2, -0.15) is 0 Å². The van der Waals surface area contributed by atoms with Crippen molar-refractivity contribution in [1.29, 1.82) is 0 Å². The number of cyclic esters (lactones) is 1. The molecule has 3 aliphatic heterocycles. The van der Waals surface area contributed by atoms with Crippen LogP contribution in [0.1, 0.15) is 11.1 Å². The molecule has 2 saturated heterocycles. The quantitative estimate of drug-likeness (QED) is 0.315. The van der Waals surface area contributed by atoms with Gasteiger partial charge in [0.2, 0.25) is 18.8 Å². The molecular formula is C27H32O12. The predicted molar refractivity (Wildman–Crippen MR) is 132 cm³/mol. The average molecular weight is 549 g/mol. The lowest BCUT2D eigenvalue weighted by molar-refractivity contribution is -0.277. The highest BCUT2D eigenvalue weighted by Gasteiger charge is 2.45. The number of aliphatic hydroxyl groups is 4. The van der Waals surface area contributed by atoms with E-state index in [1.807, 2.05) is 18.2 Å². The smallest absolute Gasteiger partial charge is 0.309 e. The maximum absolute atomic E-state index is 12.7. The zero-order valence-electron chi connectivity index (χ0n) is 21.5. The summed E-state index contributed by atoms with van der Waals surface area (Å²) in [6, 6.07) is 9.05. The van der Waals surface area contributed by atoms with E-state index in [0.717, 1.165) is 5.56 Å². The van der Waals surface area contributed by atoms with Gasteiger partial charge in [-0.25, -0.2) is 0 Å². The summed E-state index contributed by atoms with van der Waals surface area (Å²) in [6.07, 6.45) is -6.42. The first-order valence-electron chi connectivity index (χ1n) is 12.6. The Morgan fingerprint density at radius 1 is 0.872 bits per heavy atom. The highest BCUT2D eigenvalue weighted by atomic mass is 16.7. The maximum atomic E-state index is 12.7. The zero-order chi connectivity index (χ0) is 27.7. The van der Waals surface area contributed by atoms with E-state index in [-0.39, 0.29) is 36.8 Å². The average Bonchev–Trinajstić information content (AvgIpc) is 3.55. The van der Waals surface area contributed by atoms with Crippen molar-refractivity contribution in [2.24, 2.45) is 11.8 Å². The van der Waals surface area contributed by atoms with Crippen molar-refractivity contribution in [3.8, 4) is 28.7 Å². The monoisotopic (exact) mass is 548 g/mol. The van der Waals surface area contributed by atoms with Gasteiger partial charge < -0.3 is 53.6 Å². The highest BCUT2D eigenvalue weighted by molar-refractivity contribution is 5.75. The molecule has 0 aliphatic carbocycles. The Bertz CT molecular complexity index is 1180. The third kappa shape index (κ3) is 5.43. The summed E-state index contributed by atoms with van der Waals surface area (Å²) < 4.78 is 38.6. The highest BCUT2D eigenvalue weighted by Crippen LogP contribution is 2.42. The molecule has 0 saturated carbocycles. The fourth-order valence-electron chi connectivity index (χ4n) is 5.16. The van der Waals surface area contributed by atoms with E-state index in [1.165, 1.54) is 14.2 Å². The van der Waals surface area contributed by atoms with Crippen LogP contribution < -0.4 is 23.7 Å². The largest absolute Gasteiger partial charge is 0.493 e. The van der Waals surface area contributed by atoms with Crippen LogP contribution in [0.15, 0.2) is 30.3 Å². The van der Waals surface area contributed by atoms with Gasteiger partial charge in [-0.3, -0.25) is 4.79 Å². The van der Waals surface area contributed by atoms with Gasteiger partial charge in [0.1, 0.15) is 24.4 Å². The SMILES string of the molecule is COc1cc(C[C@H]2C(=O)OC[C@@H]2Cc2ccc3c(c2)OCO3)cc(O[C@@H]2O[C@H](CO)[C@@H](O)[C@H](O)[C@H]2O)c1OC. The summed E-state index contributed by atoms with van der Waals surface area (Å²) in [5.74, 6) is 1.13. The lowest BCUT2D eigenvalue weighted by Crippen LogP contribution is -2.60. The number of ether oxygens (including phenoxy) is 7. The number of carbonyl (C=O) groups is 1. The fraction of sp³-hybridized carbons (Fsp3) is 0.519. The standard InChI is InChI=1S/C27H32O12/c1-33-19-8-14(9-20(25(19)34-2)38-27-24(31)23(30)22(29)21(10-28)39-27)6-16-15(11-35-26(16)32)5-13-3-4-17-18(7-13)37-12-36-17/h3-4,7-9,15-16,21-24,27-31H,5-6,10-12H2,1-2H3/t15-,16+,21+,22+,23-,24+,27+/m0/s1. The first-order valence-corrected chi connectivity index (χ1v) is 12.6. The minimum atomic E-state index is -1.61. The number of rotatable bonds is 9. The summed E-state index contributed by atoms with van der Waals surface area (Å²) in [7, 11) is 2.86. The first-order chi connectivity index (χ1) is 18.8. The molecule has 5 rings (SSSR count). The Balaban J connectivity index is 1.37. The molecule has 2 fully saturated rings. The molecule has 39 heavy (non-hydrogen) atoms. The Labute approximate surface area is 224 Å². The van der Waals surface area contributed by atoms with Gasteiger partial charge >= 0.3 is 5.97 Å². The molecule has 4 N–H and O–H groups in total. The van der Waals surface area contributed by atoms with Crippen molar-refractivity contribution < 1.29 is 58.4 Å². The lowest BCUT2D eigenvalue weighted by Gasteiger charge is -2.39. The molecule has 12 nitrogen and oxygen atoms in total. The molecule has 0 bridgehead atoms. The molecule has 0 amide bonds. The molecule has 0 aromatic heterocycles. The van der Waals surface area contributed by atoms with Crippen molar-refractivity contribution >= 4 is 5.97 Å². The second-order valence-electron chi connectivity index (χ2n) is 9.74. The van der Waals surface area contributed by atoms with Crippen LogP contribution in [0, 0.1) is 11.8 Å². The molecule has 0 radical (unpaired) electrons. The van der Waals surface area contributed by atoms with Crippen molar-refractivity contribution in [3.63, 3.8) is 0 Å². The predicted octanol–water partition coefficient (Wildman–Crippen LogP) is 0.186. The third-order valence-electron chi connectivity index (χ3n) is 7.30. The first kappa shape index (κ1) is 27.3. The second kappa shape index (κ2) is 11.4. The minimum Gasteiger partial charge on any atom is -0.493 e. The van der Waals surface area contributed by atoms with E-state index in [9.17, 15) is 25.2 Å². The number of hydrogen-bond acceptors (Lipinski definition) is 12. The molecule has 0 spiro atoms. The Kier molecular flexibility index (Phi) is 8.01. The van der Waals surface area contributed by atoms with Crippen LogP contribution in [0.25, 0.3) is 0 Å². The summed E-state index contributed by atoms with van der Waals surface area (Å²) in [5, 5.41) is 40.2. The van der Waals surface area contributed by atoms with E-state index in [4.69, 9.17) is 33.2 Å². The normalized spacial score (nSPS) is 29.7. The topological polar surface area (TPSA) is 163 Å². The minimum absolute atomic E-state index is 0.0965. The molecule has 2 aromatic rings.